The van der Waals surface area contributed by atoms with E-state index in [1.807, 2.05) is 25.1 Å². The number of nitrogens with one attached hydrogen (secondary N) is 1. The second kappa shape index (κ2) is 8.27. The first-order valence-corrected chi connectivity index (χ1v) is 7.68. The first-order chi connectivity index (χ1) is 9.49. The largest absolute Gasteiger partial charge is 0.483 e. The molecule has 0 heterocycles. The van der Waals surface area contributed by atoms with Crippen LogP contribution in [0.25, 0.3) is 0 Å². The number of carbonyl (C=O) groups excluding carboxylic acids is 1. The van der Waals surface area contributed by atoms with Gasteiger partial charge in [0.15, 0.2) is 6.61 Å². The number of halogens is 1. The molecule has 0 aliphatic rings. The number of ether oxygens (including phenoxy) is 1. The first-order valence-electron chi connectivity index (χ1n) is 6.89. The van der Waals surface area contributed by atoms with E-state index < -0.39 is 0 Å². The Labute approximate surface area is 129 Å². The summed E-state index contributed by atoms with van der Waals surface area (Å²) in [4.78, 5) is 13.4. The predicted molar refractivity (Wildman–Crippen MR) is 85.0 cm³/mol. The highest BCUT2D eigenvalue weighted by atomic mass is 79.9. The number of hydrogen-bond donors (Lipinski definition) is 1. The van der Waals surface area contributed by atoms with Crippen molar-refractivity contribution in [2.45, 2.75) is 26.8 Å². The number of hydrogen-bond acceptors (Lipinski definition) is 3. The van der Waals surface area contributed by atoms with E-state index in [0.717, 1.165) is 22.3 Å². The van der Waals surface area contributed by atoms with Gasteiger partial charge in [0.05, 0.1) is 0 Å². The Balaban J connectivity index is 2.81. The van der Waals surface area contributed by atoms with Gasteiger partial charge in [-0.15, -0.1) is 0 Å². The number of carbonyl (C=O) groups is 1. The Hall–Kier alpha value is -1.07. The van der Waals surface area contributed by atoms with Crippen LogP contribution in [0.5, 0.6) is 5.75 Å². The zero-order valence-electron chi connectivity index (χ0n) is 12.6. The molecular formula is C15H23BrN2O2. The normalized spacial score (nSPS) is 12.1. The van der Waals surface area contributed by atoms with Crippen molar-refractivity contribution in [1.82, 2.24) is 10.2 Å². The summed E-state index contributed by atoms with van der Waals surface area (Å²) in [5, 5.41) is 3.35. The van der Waals surface area contributed by atoms with Crippen molar-refractivity contribution in [3.8, 4) is 5.75 Å². The summed E-state index contributed by atoms with van der Waals surface area (Å²) in [5.74, 6) is 0.733. The zero-order valence-corrected chi connectivity index (χ0v) is 14.2. The third kappa shape index (κ3) is 4.80. The van der Waals surface area contributed by atoms with Gasteiger partial charge in [0.2, 0.25) is 0 Å². The van der Waals surface area contributed by atoms with Crippen molar-refractivity contribution >= 4 is 21.8 Å². The Morgan fingerprint density at radius 3 is 2.75 bits per heavy atom. The second-order valence-corrected chi connectivity index (χ2v) is 5.57. The highest BCUT2D eigenvalue weighted by molar-refractivity contribution is 9.10. The summed E-state index contributed by atoms with van der Waals surface area (Å²) in [6.07, 6.45) is 0. The highest BCUT2D eigenvalue weighted by Crippen LogP contribution is 2.28. The number of amides is 1. The lowest BCUT2D eigenvalue weighted by Gasteiger charge is -2.19. The van der Waals surface area contributed by atoms with Gasteiger partial charge in [0.1, 0.15) is 5.75 Å². The molecule has 20 heavy (non-hydrogen) atoms. The third-order valence-electron chi connectivity index (χ3n) is 3.20. The number of likely N-dealkylation sites (N-methyl/N-ethyl adjacent to an activating group) is 1. The van der Waals surface area contributed by atoms with E-state index in [0.29, 0.717) is 6.54 Å². The van der Waals surface area contributed by atoms with Crippen LogP contribution in [-0.2, 0) is 4.79 Å². The summed E-state index contributed by atoms with van der Waals surface area (Å²) < 4.78 is 6.69. The SMILES string of the molecule is CCNC(C)c1cc(Br)ccc1OCC(=O)N(C)CC. The maximum atomic E-state index is 11.8. The molecule has 1 rings (SSSR count). The maximum absolute atomic E-state index is 11.8. The average molecular weight is 343 g/mol. The molecule has 0 spiro atoms. The van der Waals surface area contributed by atoms with E-state index in [-0.39, 0.29) is 18.6 Å². The van der Waals surface area contributed by atoms with E-state index in [2.05, 4.69) is 35.1 Å². The molecule has 0 saturated carbocycles. The molecule has 1 unspecified atom stereocenters. The van der Waals surface area contributed by atoms with E-state index in [1.165, 1.54) is 0 Å². The Bertz CT molecular complexity index is 451. The van der Waals surface area contributed by atoms with E-state index in [1.54, 1.807) is 11.9 Å². The van der Waals surface area contributed by atoms with E-state index >= 15 is 0 Å². The molecule has 0 fully saturated rings. The van der Waals surface area contributed by atoms with Gasteiger partial charge in [0.25, 0.3) is 5.91 Å². The number of nitrogens with zero attached hydrogens (tertiary/aromatic N) is 1. The summed E-state index contributed by atoms with van der Waals surface area (Å²) in [7, 11) is 1.77. The Morgan fingerprint density at radius 2 is 2.15 bits per heavy atom. The lowest BCUT2D eigenvalue weighted by atomic mass is 10.1. The lowest BCUT2D eigenvalue weighted by molar-refractivity contribution is -0.131. The summed E-state index contributed by atoms with van der Waals surface area (Å²) in [5.41, 5.74) is 1.05. The van der Waals surface area contributed by atoms with Crippen molar-refractivity contribution < 1.29 is 9.53 Å². The minimum atomic E-state index is -0.0162. The molecule has 0 aliphatic carbocycles. The molecule has 4 nitrogen and oxygen atoms in total. The van der Waals surface area contributed by atoms with Gasteiger partial charge in [-0.2, -0.15) is 0 Å². The predicted octanol–water partition coefficient (Wildman–Crippen LogP) is 2.98. The van der Waals surface area contributed by atoms with Crippen molar-refractivity contribution in [2.24, 2.45) is 0 Å². The van der Waals surface area contributed by atoms with E-state index in [9.17, 15) is 4.79 Å². The molecule has 112 valence electrons. The second-order valence-electron chi connectivity index (χ2n) is 4.66. The molecule has 5 heteroatoms. The van der Waals surface area contributed by atoms with Gasteiger partial charge in [-0.3, -0.25) is 4.79 Å². The molecule has 0 bridgehead atoms. The average Bonchev–Trinajstić information content (AvgIpc) is 2.44. The molecular weight excluding hydrogens is 320 g/mol. The van der Waals surface area contributed by atoms with Gasteiger partial charge in [-0.05, 0) is 38.6 Å². The number of rotatable bonds is 7. The van der Waals surface area contributed by atoms with Crippen LogP contribution in [0.15, 0.2) is 22.7 Å². The molecule has 0 aliphatic heterocycles. The molecule has 0 aromatic heterocycles. The number of benzene rings is 1. The Kier molecular flexibility index (Phi) is 7.02. The van der Waals surface area contributed by atoms with Crippen LogP contribution in [0.3, 0.4) is 0 Å². The van der Waals surface area contributed by atoms with Gasteiger partial charge in [-0.25, -0.2) is 0 Å². The molecule has 1 aromatic carbocycles. The molecule has 1 aromatic rings. The van der Waals surface area contributed by atoms with Crippen LogP contribution in [0.2, 0.25) is 0 Å². The van der Waals surface area contributed by atoms with Gasteiger partial charge in [-0.1, -0.05) is 22.9 Å². The molecule has 1 atom stereocenters. The fourth-order valence-corrected chi connectivity index (χ4v) is 2.21. The van der Waals surface area contributed by atoms with Gasteiger partial charge >= 0.3 is 0 Å². The van der Waals surface area contributed by atoms with Gasteiger partial charge < -0.3 is 15.0 Å². The molecule has 0 saturated heterocycles. The Morgan fingerprint density at radius 1 is 1.45 bits per heavy atom. The molecule has 1 N–H and O–H groups in total. The summed E-state index contributed by atoms with van der Waals surface area (Å²) in [6, 6.07) is 6.01. The van der Waals surface area contributed by atoms with Crippen molar-refractivity contribution in [2.75, 3.05) is 26.7 Å². The lowest BCUT2D eigenvalue weighted by Crippen LogP contribution is -2.31. The van der Waals surface area contributed by atoms with Crippen LogP contribution in [0.1, 0.15) is 32.4 Å². The topological polar surface area (TPSA) is 41.6 Å². The third-order valence-corrected chi connectivity index (χ3v) is 3.69. The molecule has 0 radical (unpaired) electrons. The van der Waals surface area contributed by atoms with Crippen LogP contribution in [-0.4, -0.2) is 37.6 Å². The monoisotopic (exact) mass is 342 g/mol. The van der Waals surface area contributed by atoms with Crippen LogP contribution < -0.4 is 10.1 Å². The highest BCUT2D eigenvalue weighted by Gasteiger charge is 2.14. The first kappa shape index (κ1) is 17.0. The quantitative estimate of drug-likeness (QED) is 0.828. The minimum Gasteiger partial charge on any atom is -0.483 e. The van der Waals surface area contributed by atoms with Crippen molar-refractivity contribution in [1.29, 1.82) is 0 Å². The zero-order chi connectivity index (χ0) is 15.1. The van der Waals surface area contributed by atoms with Gasteiger partial charge in [0, 0.05) is 29.7 Å². The van der Waals surface area contributed by atoms with E-state index in [4.69, 9.17) is 4.74 Å². The van der Waals surface area contributed by atoms with Crippen LogP contribution >= 0.6 is 15.9 Å². The summed E-state index contributed by atoms with van der Waals surface area (Å²) in [6.45, 7) is 7.72. The minimum absolute atomic E-state index is 0.0162. The standard InChI is InChI=1S/C15H23BrN2O2/c1-5-17-11(3)13-9-12(16)7-8-14(13)20-10-15(19)18(4)6-2/h7-9,11,17H,5-6,10H2,1-4H3. The maximum Gasteiger partial charge on any atom is 0.260 e. The van der Waals surface area contributed by atoms with Crippen molar-refractivity contribution in [3.63, 3.8) is 0 Å². The van der Waals surface area contributed by atoms with Crippen LogP contribution in [0.4, 0.5) is 0 Å². The van der Waals surface area contributed by atoms with Crippen LogP contribution in [0, 0.1) is 0 Å². The summed E-state index contributed by atoms with van der Waals surface area (Å²) >= 11 is 3.47. The van der Waals surface area contributed by atoms with Crippen molar-refractivity contribution in [3.05, 3.63) is 28.2 Å². The fourth-order valence-electron chi connectivity index (χ4n) is 1.83. The smallest absolute Gasteiger partial charge is 0.260 e. The fraction of sp³-hybridized carbons (Fsp3) is 0.533. The molecule has 1 amide bonds.